The third kappa shape index (κ3) is 3.89. The van der Waals surface area contributed by atoms with E-state index in [-0.39, 0.29) is 16.3 Å². The molecular weight excluding hydrogens is 446 g/mol. The lowest BCUT2D eigenvalue weighted by Crippen LogP contribution is -2.23. The topological polar surface area (TPSA) is 126 Å². The number of ether oxygens (including phenoxy) is 1. The van der Waals surface area contributed by atoms with Crippen molar-refractivity contribution in [3.05, 3.63) is 64.6 Å². The standard InChI is InChI=1S/C21H23N7O4S/c1-5-27-20(22-24-25-27)15-11-12-17(32-4)18(13-15)33(30,31)23-19-14(2)26(3)28(21(19)29)16-9-7-6-8-10-16/h6-13,23H,5H2,1-4H3. The van der Waals surface area contributed by atoms with Gasteiger partial charge in [0, 0.05) is 19.2 Å². The molecule has 0 bridgehead atoms. The highest BCUT2D eigenvalue weighted by atomic mass is 32.2. The average Bonchev–Trinajstić information content (AvgIpc) is 3.38. The molecule has 11 nitrogen and oxygen atoms in total. The minimum Gasteiger partial charge on any atom is -0.495 e. The molecule has 33 heavy (non-hydrogen) atoms. The number of nitrogens with zero attached hydrogens (tertiary/aromatic N) is 6. The summed E-state index contributed by atoms with van der Waals surface area (Å²) in [4.78, 5) is 13.0. The number of aromatic nitrogens is 6. The Morgan fingerprint density at radius 2 is 1.85 bits per heavy atom. The van der Waals surface area contributed by atoms with Gasteiger partial charge in [-0.15, -0.1) is 5.10 Å². The van der Waals surface area contributed by atoms with Crippen molar-refractivity contribution in [3.63, 3.8) is 0 Å². The third-order valence-corrected chi connectivity index (χ3v) is 6.70. The second-order valence-corrected chi connectivity index (χ2v) is 8.88. The van der Waals surface area contributed by atoms with Crippen molar-refractivity contribution in [1.82, 2.24) is 29.6 Å². The molecule has 0 spiro atoms. The Balaban J connectivity index is 1.81. The highest BCUT2D eigenvalue weighted by Crippen LogP contribution is 2.30. The second-order valence-electron chi connectivity index (χ2n) is 7.23. The summed E-state index contributed by atoms with van der Waals surface area (Å²) in [5, 5.41) is 11.5. The predicted molar refractivity (Wildman–Crippen MR) is 122 cm³/mol. The molecule has 2 aromatic heterocycles. The van der Waals surface area contributed by atoms with Gasteiger partial charge in [0.05, 0.1) is 18.5 Å². The van der Waals surface area contributed by atoms with Crippen molar-refractivity contribution in [2.75, 3.05) is 11.8 Å². The maximum absolute atomic E-state index is 13.4. The summed E-state index contributed by atoms with van der Waals surface area (Å²) in [6.07, 6.45) is 0. The van der Waals surface area contributed by atoms with E-state index in [0.717, 1.165) is 0 Å². The van der Waals surface area contributed by atoms with Crippen LogP contribution in [-0.4, -0.2) is 45.1 Å². The lowest BCUT2D eigenvalue weighted by Gasteiger charge is -2.12. The number of rotatable bonds is 7. The molecule has 0 amide bonds. The number of anilines is 1. The monoisotopic (exact) mass is 469 g/mol. The molecular formula is C21H23N7O4S. The fourth-order valence-electron chi connectivity index (χ4n) is 3.53. The van der Waals surface area contributed by atoms with Crippen LogP contribution in [0.25, 0.3) is 17.1 Å². The van der Waals surface area contributed by atoms with Gasteiger partial charge in [0.15, 0.2) is 5.82 Å². The van der Waals surface area contributed by atoms with Gasteiger partial charge in [0.1, 0.15) is 16.3 Å². The van der Waals surface area contributed by atoms with Crippen molar-refractivity contribution >= 4 is 15.7 Å². The van der Waals surface area contributed by atoms with Crippen LogP contribution in [0.4, 0.5) is 5.69 Å². The lowest BCUT2D eigenvalue weighted by molar-refractivity contribution is 0.403. The molecule has 0 aliphatic heterocycles. The summed E-state index contributed by atoms with van der Waals surface area (Å²) in [6, 6.07) is 13.6. The van der Waals surface area contributed by atoms with Crippen LogP contribution in [0.2, 0.25) is 0 Å². The van der Waals surface area contributed by atoms with Crippen LogP contribution >= 0.6 is 0 Å². The largest absolute Gasteiger partial charge is 0.495 e. The number of nitrogens with one attached hydrogen (secondary N) is 1. The fraction of sp³-hybridized carbons (Fsp3) is 0.238. The van der Waals surface area contributed by atoms with Gasteiger partial charge in [0.25, 0.3) is 15.6 Å². The Morgan fingerprint density at radius 3 is 2.52 bits per heavy atom. The molecule has 0 fully saturated rings. The molecule has 2 aromatic carbocycles. The number of sulfonamides is 1. The first kappa shape index (κ1) is 22.3. The summed E-state index contributed by atoms with van der Waals surface area (Å²) in [7, 11) is -1.14. The molecule has 0 aliphatic rings. The Morgan fingerprint density at radius 1 is 1.12 bits per heavy atom. The lowest BCUT2D eigenvalue weighted by atomic mass is 10.2. The zero-order valence-corrected chi connectivity index (χ0v) is 19.4. The zero-order valence-electron chi connectivity index (χ0n) is 18.6. The Kier molecular flexibility index (Phi) is 5.77. The van der Waals surface area contributed by atoms with Gasteiger partial charge in [0.2, 0.25) is 0 Å². The van der Waals surface area contributed by atoms with Crippen LogP contribution in [0.3, 0.4) is 0 Å². The van der Waals surface area contributed by atoms with Crippen LogP contribution in [0.15, 0.2) is 58.2 Å². The smallest absolute Gasteiger partial charge is 0.296 e. The maximum Gasteiger partial charge on any atom is 0.296 e. The molecule has 0 atom stereocenters. The molecule has 4 aromatic rings. The molecule has 0 saturated carbocycles. The summed E-state index contributed by atoms with van der Waals surface area (Å²) >= 11 is 0. The van der Waals surface area contributed by atoms with E-state index in [1.165, 1.54) is 23.9 Å². The van der Waals surface area contributed by atoms with Gasteiger partial charge < -0.3 is 4.74 Å². The van der Waals surface area contributed by atoms with Gasteiger partial charge in [-0.1, -0.05) is 18.2 Å². The van der Waals surface area contributed by atoms with Gasteiger partial charge >= 0.3 is 0 Å². The summed E-state index contributed by atoms with van der Waals surface area (Å²) < 4.78 is 39.1. The van der Waals surface area contributed by atoms with Crippen molar-refractivity contribution in [3.8, 4) is 22.8 Å². The van der Waals surface area contributed by atoms with E-state index < -0.39 is 15.6 Å². The van der Waals surface area contributed by atoms with Crippen molar-refractivity contribution in [2.45, 2.75) is 25.3 Å². The Bertz CT molecular complexity index is 1470. The van der Waals surface area contributed by atoms with Gasteiger partial charge in [-0.25, -0.2) is 17.8 Å². The number of hydrogen-bond acceptors (Lipinski definition) is 7. The summed E-state index contributed by atoms with van der Waals surface area (Å²) in [5.74, 6) is 0.540. The Labute approximate surface area is 190 Å². The van der Waals surface area contributed by atoms with E-state index in [1.54, 1.807) is 53.7 Å². The molecule has 2 heterocycles. The number of methoxy groups -OCH3 is 1. The predicted octanol–water partition coefficient (Wildman–Crippen LogP) is 1.97. The van der Waals surface area contributed by atoms with Crippen LogP contribution in [0, 0.1) is 6.92 Å². The van der Waals surface area contributed by atoms with Crippen LogP contribution in [0.1, 0.15) is 12.6 Å². The molecule has 0 saturated heterocycles. The molecule has 1 N–H and O–H groups in total. The number of aryl methyl sites for hydroxylation is 1. The van der Waals surface area contributed by atoms with Gasteiger partial charge in [-0.3, -0.25) is 14.2 Å². The first-order chi connectivity index (χ1) is 15.8. The Hall–Kier alpha value is -3.93. The number of para-hydroxylation sites is 1. The van der Waals surface area contributed by atoms with Crippen LogP contribution < -0.4 is 15.0 Å². The minimum absolute atomic E-state index is 0.0489. The van der Waals surface area contributed by atoms with Crippen molar-refractivity contribution < 1.29 is 13.2 Å². The van der Waals surface area contributed by atoms with E-state index in [2.05, 4.69) is 20.2 Å². The van der Waals surface area contributed by atoms with Crippen LogP contribution in [-0.2, 0) is 23.6 Å². The zero-order chi connectivity index (χ0) is 23.8. The SMILES string of the molecule is CCn1nnnc1-c1ccc(OC)c(S(=O)(=O)Nc2c(C)n(C)n(-c3ccccc3)c2=O)c1. The van der Waals surface area contributed by atoms with Gasteiger partial charge in [-0.05, 0) is 54.6 Å². The molecule has 172 valence electrons. The van der Waals surface area contributed by atoms with E-state index in [1.807, 2.05) is 13.0 Å². The quantitative estimate of drug-likeness (QED) is 0.438. The first-order valence-electron chi connectivity index (χ1n) is 10.1. The summed E-state index contributed by atoms with van der Waals surface area (Å²) in [6.45, 7) is 4.05. The van der Waals surface area contributed by atoms with Crippen LogP contribution in [0.5, 0.6) is 5.75 Å². The normalized spacial score (nSPS) is 11.5. The first-order valence-corrected chi connectivity index (χ1v) is 11.6. The van der Waals surface area contributed by atoms with E-state index in [4.69, 9.17) is 4.74 Å². The van der Waals surface area contributed by atoms with Crippen molar-refractivity contribution in [1.29, 1.82) is 0 Å². The maximum atomic E-state index is 13.4. The average molecular weight is 470 g/mol. The molecule has 0 aliphatic carbocycles. The van der Waals surface area contributed by atoms with E-state index in [0.29, 0.717) is 29.3 Å². The second kappa shape index (κ2) is 8.54. The number of benzene rings is 2. The third-order valence-electron chi connectivity index (χ3n) is 5.33. The highest BCUT2D eigenvalue weighted by molar-refractivity contribution is 7.92. The minimum atomic E-state index is -4.20. The highest BCUT2D eigenvalue weighted by Gasteiger charge is 2.26. The molecule has 0 unspecified atom stereocenters. The summed E-state index contributed by atoms with van der Waals surface area (Å²) in [5.41, 5.74) is 1.03. The fourth-order valence-corrected chi connectivity index (χ4v) is 4.84. The number of hydrogen-bond donors (Lipinski definition) is 1. The van der Waals surface area contributed by atoms with E-state index >= 15 is 0 Å². The molecule has 4 rings (SSSR count). The van der Waals surface area contributed by atoms with E-state index in [9.17, 15) is 13.2 Å². The van der Waals surface area contributed by atoms with Gasteiger partial charge in [-0.2, -0.15) is 0 Å². The molecule has 12 heteroatoms. The van der Waals surface area contributed by atoms with Crippen molar-refractivity contribution in [2.24, 2.45) is 7.05 Å². The number of tetrazole rings is 1. The molecule has 0 radical (unpaired) electrons.